The molecule has 2 atom stereocenters. The fourth-order valence-electron chi connectivity index (χ4n) is 3.39. The van der Waals surface area contributed by atoms with Gasteiger partial charge in [-0.05, 0) is 43.0 Å². The average molecular weight is 340 g/mol. The Labute approximate surface area is 140 Å². The van der Waals surface area contributed by atoms with Crippen LogP contribution in [0, 0.1) is 0 Å². The molecule has 4 heteroatoms. The van der Waals surface area contributed by atoms with Crippen molar-refractivity contribution >= 4 is 34.5 Å². The number of nitrogens with one attached hydrogen (secondary N) is 1. The Bertz CT molecular complexity index is 623. The predicted molar refractivity (Wildman–Crippen MR) is 92.9 cm³/mol. The minimum Gasteiger partial charge on any atom is -0.310 e. The molecule has 0 aliphatic heterocycles. The van der Waals surface area contributed by atoms with E-state index in [1.54, 1.807) is 0 Å². The van der Waals surface area contributed by atoms with Crippen molar-refractivity contribution < 1.29 is 0 Å². The topological polar surface area (TPSA) is 12.0 Å². The summed E-state index contributed by atoms with van der Waals surface area (Å²) >= 11 is 14.0. The summed E-state index contributed by atoms with van der Waals surface area (Å²) in [4.78, 5) is 0. The SMILES string of the molecule is CCNC(c1cc(Cl)sc1Cl)C1CCCc2ccccc21. The van der Waals surface area contributed by atoms with Gasteiger partial charge in [0.25, 0.3) is 0 Å². The molecule has 3 rings (SSSR count). The van der Waals surface area contributed by atoms with Crippen LogP contribution in [0.2, 0.25) is 8.67 Å². The predicted octanol–water partition coefficient (Wildman–Crippen LogP) is 5.83. The first-order valence-electron chi connectivity index (χ1n) is 7.46. The third-order valence-electron chi connectivity index (χ3n) is 4.26. The first kappa shape index (κ1) is 15.4. The van der Waals surface area contributed by atoms with Gasteiger partial charge in [0.2, 0.25) is 0 Å². The molecule has 1 heterocycles. The third-order valence-corrected chi connectivity index (χ3v) is 5.78. The van der Waals surface area contributed by atoms with E-state index in [-0.39, 0.29) is 6.04 Å². The first-order valence-corrected chi connectivity index (χ1v) is 9.04. The number of hydrogen-bond acceptors (Lipinski definition) is 2. The first-order chi connectivity index (χ1) is 10.2. The average Bonchev–Trinajstić information content (AvgIpc) is 2.83. The molecule has 1 aromatic heterocycles. The molecule has 0 saturated heterocycles. The maximum absolute atomic E-state index is 6.42. The number of rotatable bonds is 4. The van der Waals surface area contributed by atoms with Gasteiger partial charge in [0.05, 0.1) is 8.67 Å². The van der Waals surface area contributed by atoms with Crippen molar-refractivity contribution in [1.29, 1.82) is 0 Å². The highest BCUT2D eigenvalue weighted by Gasteiger charge is 2.30. The minimum absolute atomic E-state index is 0.243. The number of fused-ring (bicyclic) bond motifs is 1. The molecule has 112 valence electrons. The lowest BCUT2D eigenvalue weighted by atomic mass is 9.77. The largest absolute Gasteiger partial charge is 0.310 e. The molecule has 1 aliphatic rings. The van der Waals surface area contributed by atoms with Crippen molar-refractivity contribution in [3.63, 3.8) is 0 Å². The Morgan fingerprint density at radius 2 is 2.14 bits per heavy atom. The molecule has 0 bridgehead atoms. The van der Waals surface area contributed by atoms with Gasteiger partial charge in [-0.2, -0.15) is 0 Å². The minimum atomic E-state index is 0.243. The zero-order chi connectivity index (χ0) is 14.8. The van der Waals surface area contributed by atoms with Crippen molar-refractivity contribution in [3.05, 3.63) is 55.7 Å². The van der Waals surface area contributed by atoms with Crippen LogP contribution < -0.4 is 5.32 Å². The van der Waals surface area contributed by atoms with Crippen molar-refractivity contribution in [2.45, 2.75) is 38.1 Å². The number of benzene rings is 1. The Hall–Kier alpha value is -0.540. The molecule has 0 fully saturated rings. The number of halogens is 2. The second kappa shape index (κ2) is 6.70. The van der Waals surface area contributed by atoms with E-state index in [1.165, 1.54) is 41.7 Å². The zero-order valence-corrected chi connectivity index (χ0v) is 14.4. The second-order valence-electron chi connectivity index (χ2n) is 5.51. The fourth-order valence-corrected chi connectivity index (χ4v) is 4.94. The molecule has 1 aliphatic carbocycles. The highest BCUT2D eigenvalue weighted by Crippen LogP contribution is 2.44. The van der Waals surface area contributed by atoms with Crippen LogP contribution in [-0.2, 0) is 6.42 Å². The summed E-state index contributed by atoms with van der Waals surface area (Å²) < 4.78 is 1.58. The molecular weight excluding hydrogens is 321 g/mol. The van der Waals surface area contributed by atoms with Crippen LogP contribution in [0.3, 0.4) is 0 Å². The summed E-state index contributed by atoms with van der Waals surface area (Å²) in [5, 5.41) is 3.63. The van der Waals surface area contributed by atoms with Gasteiger partial charge in [-0.3, -0.25) is 0 Å². The van der Waals surface area contributed by atoms with E-state index < -0.39 is 0 Å². The van der Waals surface area contributed by atoms with Crippen LogP contribution >= 0.6 is 34.5 Å². The van der Waals surface area contributed by atoms with E-state index in [0.717, 1.165) is 20.8 Å². The number of hydrogen-bond donors (Lipinski definition) is 1. The maximum atomic E-state index is 6.42. The monoisotopic (exact) mass is 339 g/mol. The molecule has 0 radical (unpaired) electrons. The lowest BCUT2D eigenvalue weighted by Gasteiger charge is -2.33. The Morgan fingerprint density at radius 3 is 2.86 bits per heavy atom. The van der Waals surface area contributed by atoms with Crippen molar-refractivity contribution in [2.75, 3.05) is 6.54 Å². The molecule has 1 nitrogen and oxygen atoms in total. The molecule has 1 aromatic carbocycles. The smallest absolute Gasteiger partial charge is 0.0992 e. The normalized spacial score (nSPS) is 19.3. The third kappa shape index (κ3) is 3.14. The van der Waals surface area contributed by atoms with Gasteiger partial charge in [0.1, 0.15) is 0 Å². The van der Waals surface area contributed by atoms with Crippen LogP contribution in [0.1, 0.15) is 48.4 Å². The highest BCUT2D eigenvalue weighted by atomic mass is 35.5. The van der Waals surface area contributed by atoms with E-state index in [1.807, 2.05) is 6.07 Å². The number of likely N-dealkylation sites (N-methyl/N-ethyl adjacent to an activating group) is 1. The van der Waals surface area contributed by atoms with Crippen molar-refractivity contribution in [2.24, 2.45) is 0 Å². The van der Waals surface area contributed by atoms with Crippen molar-refractivity contribution in [3.8, 4) is 0 Å². The van der Waals surface area contributed by atoms with Crippen LogP contribution in [0.15, 0.2) is 30.3 Å². The van der Waals surface area contributed by atoms with Gasteiger partial charge in [-0.1, -0.05) is 54.4 Å². The molecule has 2 aromatic rings. The lowest BCUT2D eigenvalue weighted by Crippen LogP contribution is -2.29. The van der Waals surface area contributed by atoms with E-state index >= 15 is 0 Å². The van der Waals surface area contributed by atoms with Gasteiger partial charge in [-0.25, -0.2) is 0 Å². The second-order valence-corrected chi connectivity index (χ2v) is 7.80. The summed E-state index contributed by atoms with van der Waals surface area (Å²) in [6, 6.07) is 11.1. The lowest BCUT2D eigenvalue weighted by molar-refractivity contribution is 0.409. The Morgan fingerprint density at radius 1 is 1.33 bits per heavy atom. The fraction of sp³-hybridized carbons (Fsp3) is 0.412. The molecule has 21 heavy (non-hydrogen) atoms. The number of aryl methyl sites for hydroxylation is 1. The molecule has 0 amide bonds. The molecule has 0 saturated carbocycles. The van der Waals surface area contributed by atoms with E-state index in [9.17, 15) is 0 Å². The van der Waals surface area contributed by atoms with Crippen LogP contribution in [-0.4, -0.2) is 6.54 Å². The van der Waals surface area contributed by atoms with Gasteiger partial charge >= 0.3 is 0 Å². The zero-order valence-electron chi connectivity index (χ0n) is 12.0. The van der Waals surface area contributed by atoms with Gasteiger partial charge in [-0.15, -0.1) is 11.3 Å². The number of thiophene rings is 1. The molecule has 0 spiro atoms. The van der Waals surface area contributed by atoms with Gasteiger partial charge in [0, 0.05) is 17.5 Å². The van der Waals surface area contributed by atoms with Crippen molar-refractivity contribution in [1.82, 2.24) is 5.32 Å². The quantitative estimate of drug-likeness (QED) is 0.739. The van der Waals surface area contributed by atoms with E-state index in [4.69, 9.17) is 23.2 Å². The summed E-state index contributed by atoms with van der Waals surface area (Å²) in [7, 11) is 0. The summed E-state index contributed by atoms with van der Waals surface area (Å²) in [5.74, 6) is 0.470. The standard InChI is InChI=1S/C17H19Cl2NS/c1-2-20-16(14-10-15(18)21-17(14)19)13-9-5-7-11-6-3-4-8-12(11)13/h3-4,6,8,10,13,16,20H,2,5,7,9H2,1H3. The summed E-state index contributed by atoms with van der Waals surface area (Å²) in [5.41, 5.74) is 4.09. The highest BCUT2D eigenvalue weighted by molar-refractivity contribution is 7.20. The Kier molecular flexibility index (Phi) is 4.90. The summed E-state index contributed by atoms with van der Waals surface area (Å²) in [6.07, 6.45) is 3.61. The van der Waals surface area contributed by atoms with Crippen LogP contribution in [0.5, 0.6) is 0 Å². The maximum Gasteiger partial charge on any atom is 0.0992 e. The van der Waals surface area contributed by atoms with E-state index in [2.05, 4.69) is 36.5 Å². The van der Waals surface area contributed by atoms with Gasteiger partial charge < -0.3 is 5.32 Å². The van der Waals surface area contributed by atoms with Crippen LogP contribution in [0.4, 0.5) is 0 Å². The molecule has 1 N–H and O–H groups in total. The molecule has 2 unspecified atom stereocenters. The Balaban J connectivity index is 2.01. The summed E-state index contributed by atoms with van der Waals surface area (Å²) in [6.45, 7) is 3.07. The van der Waals surface area contributed by atoms with Crippen LogP contribution in [0.25, 0.3) is 0 Å². The molecular formula is C17H19Cl2NS. The van der Waals surface area contributed by atoms with E-state index in [0.29, 0.717) is 5.92 Å². The van der Waals surface area contributed by atoms with Gasteiger partial charge in [0.15, 0.2) is 0 Å².